The molecule has 0 N–H and O–H groups in total. The molecule has 0 unspecified atom stereocenters. The fourth-order valence-electron chi connectivity index (χ4n) is 3.72. The van der Waals surface area contributed by atoms with Crippen molar-refractivity contribution in [3.8, 4) is 0 Å². The van der Waals surface area contributed by atoms with Gasteiger partial charge in [-0.2, -0.15) is 0 Å². The Balaban J connectivity index is 0.000000176. The second-order valence-corrected chi connectivity index (χ2v) is 9.06. The number of aromatic nitrogens is 2. The van der Waals surface area contributed by atoms with Crippen LogP contribution in [-0.2, 0) is 44.7 Å². The topological polar surface area (TPSA) is 50.5 Å². The maximum absolute atomic E-state index is 5.34. The molecule has 2 aromatic heterocycles. The summed E-state index contributed by atoms with van der Waals surface area (Å²) in [6, 6.07) is 43.2. The van der Waals surface area contributed by atoms with Crippen molar-refractivity contribution in [3.63, 3.8) is 0 Å². The fourth-order valence-corrected chi connectivity index (χ4v) is 4.16. The Morgan fingerprint density at radius 3 is 1.21 bits per heavy atom. The van der Waals surface area contributed by atoms with Crippen LogP contribution in [0.25, 0.3) is 21.8 Å². The van der Waals surface area contributed by atoms with E-state index in [-0.39, 0.29) is 19.5 Å². The Labute approximate surface area is 251 Å². The van der Waals surface area contributed by atoms with Gasteiger partial charge in [0.2, 0.25) is 0 Å². The van der Waals surface area contributed by atoms with Gasteiger partial charge in [0, 0.05) is 10.8 Å². The summed E-state index contributed by atoms with van der Waals surface area (Å²) in [5.41, 5.74) is 5.04. The Morgan fingerprint density at radius 2 is 0.795 bits per heavy atom. The van der Waals surface area contributed by atoms with Crippen molar-refractivity contribution < 1.29 is 19.5 Å². The summed E-state index contributed by atoms with van der Waals surface area (Å²) < 4.78 is 0. The number of nitrogens with zero attached hydrogens (tertiary/aromatic N) is 4. The zero-order chi connectivity index (χ0) is 26.2. The standard InChI is InChI=1S/2C16H12N2S.Zn/c2*19-16(17-13-7-2-1-3-8-13)15-11-10-12-6-4-5-9-14(12)18-15;/h2*1-11H,(H,17,19);/q;;+2/p-2. The van der Waals surface area contributed by atoms with Crippen LogP contribution in [0, 0.1) is 0 Å². The molecule has 0 aliphatic carbocycles. The van der Waals surface area contributed by atoms with Gasteiger partial charge >= 0.3 is 19.5 Å². The zero-order valence-corrected chi connectivity index (χ0v) is 25.6. The summed E-state index contributed by atoms with van der Waals surface area (Å²) >= 11 is 10.7. The first-order valence-electron chi connectivity index (χ1n) is 12.0. The average Bonchev–Trinajstić information content (AvgIpc) is 2.98. The van der Waals surface area contributed by atoms with Crippen LogP contribution >= 0.6 is 0 Å². The van der Waals surface area contributed by atoms with Crippen molar-refractivity contribution in [2.24, 2.45) is 9.98 Å². The number of rotatable bonds is 4. The largest absolute Gasteiger partial charge is 2.00 e. The summed E-state index contributed by atoms with van der Waals surface area (Å²) in [5.74, 6) is 0. The molecule has 0 saturated heterocycles. The van der Waals surface area contributed by atoms with Crippen LogP contribution in [0.5, 0.6) is 0 Å². The average molecular weight is 592 g/mol. The first-order chi connectivity index (χ1) is 18.7. The Kier molecular flexibility index (Phi) is 9.93. The van der Waals surface area contributed by atoms with E-state index >= 15 is 0 Å². The van der Waals surface area contributed by atoms with Crippen molar-refractivity contribution in [1.29, 1.82) is 0 Å². The van der Waals surface area contributed by atoms with Gasteiger partial charge in [0.25, 0.3) is 0 Å². The molecule has 0 saturated carbocycles. The van der Waals surface area contributed by atoms with Crippen molar-refractivity contribution in [2.45, 2.75) is 0 Å². The molecule has 0 aliphatic heterocycles. The maximum Gasteiger partial charge on any atom is 2.00 e. The van der Waals surface area contributed by atoms with Gasteiger partial charge < -0.3 is 25.3 Å². The Morgan fingerprint density at radius 1 is 0.436 bits per heavy atom. The van der Waals surface area contributed by atoms with Crippen molar-refractivity contribution in [1.82, 2.24) is 9.97 Å². The number of hydrogen-bond acceptors (Lipinski definition) is 6. The monoisotopic (exact) mass is 590 g/mol. The van der Waals surface area contributed by atoms with Gasteiger partial charge in [-0.25, -0.2) is 9.97 Å². The minimum absolute atomic E-state index is 0. The van der Waals surface area contributed by atoms with Gasteiger partial charge in [0.05, 0.1) is 33.8 Å². The smallest absolute Gasteiger partial charge is 0.758 e. The van der Waals surface area contributed by atoms with Crippen LogP contribution in [0.1, 0.15) is 11.4 Å². The van der Waals surface area contributed by atoms with Crippen LogP contribution in [-0.4, -0.2) is 20.1 Å². The number of fused-ring (bicyclic) bond motifs is 2. The van der Waals surface area contributed by atoms with E-state index in [1.54, 1.807) is 0 Å². The third-order valence-corrected chi connectivity index (χ3v) is 6.21. The quantitative estimate of drug-likeness (QED) is 0.0911. The molecule has 0 bridgehead atoms. The van der Waals surface area contributed by atoms with Crippen LogP contribution in [0.4, 0.5) is 11.4 Å². The summed E-state index contributed by atoms with van der Waals surface area (Å²) in [4.78, 5) is 17.9. The molecule has 0 atom stereocenters. The molecule has 7 heteroatoms. The van der Waals surface area contributed by atoms with Gasteiger partial charge in [0.1, 0.15) is 0 Å². The van der Waals surface area contributed by atoms with Gasteiger partial charge in [0.15, 0.2) is 0 Å². The number of hydrogen-bond donors (Lipinski definition) is 0. The zero-order valence-electron chi connectivity index (χ0n) is 21.0. The van der Waals surface area contributed by atoms with E-state index in [1.165, 1.54) is 0 Å². The molecule has 184 valence electrons. The molecular formula is C32H22N4S2Zn. The van der Waals surface area contributed by atoms with Crippen molar-refractivity contribution in [3.05, 3.63) is 145 Å². The van der Waals surface area contributed by atoms with Gasteiger partial charge in [-0.1, -0.05) is 95.0 Å². The number of para-hydroxylation sites is 4. The van der Waals surface area contributed by atoms with Gasteiger partial charge in [-0.3, -0.25) is 9.98 Å². The van der Waals surface area contributed by atoms with E-state index < -0.39 is 0 Å². The Hall–Kier alpha value is -3.90. The van der Waals surface area contributed by atoms with E-state index in [9.17, 15) is 0 Å². The van der Waals surface area contributed by atoms with Gasteiger partial charge in [-0.05, 0) is 48.5 Å². The van der Waals surface area contributed by atoms with Crippen LogP contribution in [0.15, 0.2) is 143 Å². The molecule has 0 spiro atoms. The molecule has 0 amide bonds. The SMILES string of the molecule is [S-]C(=Nc1ccccc1)c1ccc2ccccc2n1.[S-]C(=Nc1ccccc1)c1ccc2ccccc2n1.[Zn+2]. The fraction of sp³-hybridized carbons (Fsp3) is 0. The minimum Gasteiger partial charge on any atom is -0.758 e. The molecule has 6 rings (SSSR count). The second-order valence-electron chi connectivity index (χ2n) is 8.28. The van der Waals surface area contributed by atoms with E-state index in [0.717, 1.165) is 44.6 Å². The minimum atomic E-state index is 0. The van der Waals surface area contributed by atoms with Gasteiger partial charge in [-0.15, -0.1) is 0 Å². The summed E-state index contributed by atoms with van der Waals surface area (Å²) in [5, 5.41) is 3.23. The molecular weight excluding hydrogens is 570 g/mol. The number of aliphatic imine (C=N–C) groups is 2. The molecule has 0 radical (unpaired) electrons. The van der Waals surface area contributed by atoms with E-state index in [4.69, 9.17) is 25.3 Å². The van der Waals surface area contributed by atoms with E-state index in [1.807, 2.05) is 133 Å². The van der Waals surface area contributed by atoms with Crippen LogP contribution in [0.2, 0.25) is 0 Å². The molecule has 39 heavy (non-hydrogen) atoms. The van der Waals surface area contributed by atoms with Crippen LogP contribution < -0.4 is 0 Å². The Bertz CT molecular complexity index is 1610. The normalized spacial score (nSPS) is 11.4. The third kappa shape index (κ3) is 7.58. The molecule has 4 nitrogen and oxygen atoms in total. The number of benzene rings is 4. The summed E-state index contributed by atoms with van der Waals surface area (Å²) in [6.07, 6.45) is 0. The summed E-state index contributed by atoms with van der Waals surface area (Å²) in [6.45, 7) is 0. The first kappa shape index (κ1) is 28.1. The third-order valence-electron chi connectivity index (χ3n) is 5.61. The second kappa shape index (κ2) is 13.8. The molecule has 6 aromatic rings. The van der Waals surface area contributed by atoms with Crippen molar-refractivity contribution >= 4 is 68.5 Å². The number of pyridine rings is 2. The predicted octanol–water partition coefficient (Wildman–Crippen LogP) is 7.72. The molecule has 4 aromatic carbocycles. The molecule has 2 heterocycles. The van der Waals surface area contributed by atoms with Crippen molar-refractivity contribution in [2.75, 3.05) is 0 Å². The molecule has 0 fully saturated rings. The predicted molar refractivity (Wildman–Crippen MR) is 163 cm³/mol. The van der Waals surface area contributed by atoms with Crippen LogP contribution in [0.3, 0.4) is 0 Å². The van der Waals surface area contributed by atoms with E-state index in [2.05, 4.69) is 20.0 Å². The molecule has 0 aliphatic rings. The maximum atomic E-state index is 5.34. The summed E-state index contributed by atoms with van der Waals surface area (Å²) in [7, 11) is 0. The van der Waals surface area contributed by atoms with E-state index in [0.29, 0.717) is 10.1 Å². The first-order valence-corrected chi connectivity index (χ1v) is 12.8.